The Bertz CT molecular complexity index is 124. The second-order valence-electron chi connectivity index (χ2n) is 2.58. The van der Waals surface area contributed by atoms with Crippen molar-refractivity contribution < 1.29 is 19.7 Å². The standard InChI is InChI=1S/C7H14O4/c1-5(4-11-9)6(2)7(8)10-3/h5-6,9H,4H2,1-3H3/t5-,6-/m1/s1. The largest absolute Gasteiger partial charge is 0.469 e. The maximum absolute atomic E-state index is 10.9. The molecule has 0 aliphatic rings. The van der Waals surface area contributed by atoms with Crippen LogP contribution in [0.5, 0.6) is 0 Å². The second kappa shape index (κ2) is 5.09. The van der Waals surface area contributed by atoms with Gasteiger partial charge in [-0.1, -0.05) is 13.8 Å². The zero-order valence-corrected chi connectivity index (χ0v) is 7.03. The van der Waals surface area contributed by atoms with Crippen molar-refractivity contribution in [3.8, 4) is 0 Å². The highest BCUT2D eigenvalue weighted by atomic mass is 17.1. The number of rotatable bonds is 4. The third kappa shape index (κ3) is 3.34. The van der Waals surface area contributed by atoms with Gasteiger partial charge in [0.1, 0.15) is 0 Å². The van der Waals surface area contributed by atoms with Crippen LogP contribution >= 0.6 is 0 Å². The molecule has 0 rings (SSSR count). The first kappa shape index (κ1) is 10.4. The lowest BCUT2D eigenvalue weighted by Crippen LogP contribution is -2.23. The monoisotopic (exact) mass is 162 g/mol. The van der Waals surface area contributed by atoms with E-state index in [1.807, 2.05) is 0 Å². The predicted molar refractivity (Wildman–Crippen MR) is 38.9 cm³/mol. The summed E-state index contributed by atoms with van der Waals surface area (Å²) in [5, 5.41) is 8.09. The number of methoxy groups -OCH3 is 1. The third-order valence-electron chi connectivity index (χ3n) is 1.76. The number of hydrogen-bond acceptors (Lipinski definition) is 4. The number of ether oxygens (including phenoxy) is 1. The van der Waals surface area contributed by atoms with Crippen LogP contribution in [0.1, 0.15) is 13.8 Å². The minimum atomic E-state index is -0.283. The molecule has 1 N–H and O–H groups in total. The summed E-state index contributed by atoms with van der Waals surface area (Å²) in [6.45, 7) is 3.68. The van der Waals surface area contributed by atoms with Gasteiger partial charge in [0.2, 0.25) is 0 Å². The Balaban J connectivity index is 3.80. The van der Waals surface area contributed by atoms with E-state index in [4.69, 9.17) is 5.26 Å². The van der Waals surface area contributed by atoms with Gasteiger partial charge in [-0.15, -0.1) is 0 Å². The van der Waals surface area contributed by atoms with Crippen LogP contribution in [0.25, 0.3) is 0 Å². The molecule has 4 nitrogen and oxygen atoms in total. The number of esters is 1. The maximum atomic E-state index is 10.9. The van der Waals surface area contributed by atoms with Gasteiger partial charge in [0, 0.05) is 0 Å². The van der Waals surface area contributed by atoms with Crippen LogP contribution in [0.3, 0.4) is 0 Å². The molecule has 0 aromatic carbocycles. The van der Waals surface area contributed by atoms with Gasteiger partial charge in [-0.3, -0.25) is 10.1 Å². The van der Waals surface area contributed by atoms with Gasteiger partial charge >= 0.3 is 5.97 Å². The molecular formula is C7H14O4. The van der Waals surface area contributed by atoms with Gasteiger partial charge in [0.05, 0.1) is 19.6 Å². The van der Waals surface area contributed by atoms with Crippen LogP contribution in [-0.2, 0) is 14.4 Å². The zero-order chi connectivity index (χ0) is 8.85. The molecule has 0 heterocycles. The first-order chi connectivity index (χ1) is 5.13. The molecule has 4 heteroatoms. The van der Waals surface area contributed by atoms with Crippen LogP contribution in [0.15, 0.2) is 0 Å². The quantitative estimate of drug-likeness (QED) is 0.379. The molecule has 0 saturated carbocycles. The summed E-state index contributed by atoms with van der Waals surface area (Å²) in [7, 11) is 1.34. The molecule has 0 unspecified atom stereocenters. The maximum Gasteiger partial charge on any atom is 0.308 e. The Labute approximate surface area is 66.0 Å². The molecule has 2 atom stereocenters. The Morgan fingerprint density at radius 1 is 1.55 bits per heavy atom. The average Bonchev–Trinajstić information content (AvgIpc) is 2.02. The fraction of sp³-hybridized carbons (Fsp3) is 0.857. The van der Waals surface area contributed by atoms with E-state index in [-0.39, 0.29) is 24.4 Å². The summed E-state index contributed by atoms with van der Waals surface area (Å²) in [6, 6.07) is 0. The molecule has 0 aliphatic carbocycles. The van der Waals surface area contributed by atoms with Crippen molar-refractivity contribution in [3.05, 3.63) is 0 Å². The number of hydrogen-bond donors (Lipinski definition) is 1. The van der Waals surface area contributed by atoms with Gasteiger partial charge in [-0.2, -0.15) is 0 Å². The molecule has 0 radical (unpaired) electrons. The highest BCUT2D eigenvalue weighted by Gasteiger charge is 2.20. The molecule has 0 saturated heterocycles. The van der Waals surface area contributed by atoms with E-state index < -0.39 is 0 Å². The molecule has 0 aromatic rings. The summed E-state index contributed by atoms with van der Waals surface area (Å²) in [5.74, 6) is -0.561. The average molecular weight is 162 g/mol. The van der Waals surface area contributed by atoms with Crippen molar-refractivity contribution in [2.24, 2.45) is 11.8 Å². The van der Waals surface area contributed by atoms with Crippen molar-refractivity contribution in [2.75, 3.05) is 13.7 Å². The molecule has 0 bridgehead atoms. The van der Waals surface area contributed by atoms with E-state index in [0.29, 0.717) is 0 Å². The molecule has 0 amide bonds. The van der Waals surface area contributed by atoms with Crippen LogP contribution < -0.4 is 0 Å². The highest BCUT2D eigenvalue weighted by Crippen LogP contribution is 2.11. The van der Waals surface area contributed by atoms with E-state index in [1.54, 1.807) is 13.8 Å². The fourth-order valence-electron chi connectivity index (χ4n) is 0.680. The normalized spacial score (nSPS) is 15.6. The summed E-state index contributed by atoms with van der Waals surface area (Å²) in [4.78, 5) is 14.8. The topological polar surface area (TPSA) is 55.8 Å². The van der Waals surface area contributed by atoms with Gasteiger partial charge in [-0.25, -0.2) is 4.89 Å². The lowest BCUT2D eigenvalue weighted by Gasteiger charge is -2.15. The minimum Gasteiger partial charge on any atom is -0.469 e. The molecule has 66 valence electrons. The summed E-state index contributed by atoms with van der Waals surface area (Å²) in [5.41, 5.74) is 0. The molecule has 0 fully saturated rings. The van der Waals surface area contributed by atoms with Crippen molar-refractivity contribution >= 4 is 5.97 Å². The van der Waals surface area contributed by atoms with Crippen LogP contribution in [0.2, 0.25) is 0 Å². The third-order valence-corrected chi connectivity index (χ3v) is 1.76. The van der Waals surface area contributed by atoms with E-state index >= 15 is 0 Å². The van der Waals surface area contributed by atoms with Crippen LogP contribution in [0, 0.1) is 11.8 Å². The van der Waals surface area contributed by atoms with Gasteiger partial charge in [-0.05, 0) is 5.92 Å². The van der Waals surface area contributed by atoms with Crippen molar-refractivity contribution in [2.45, 2.75) is 13.8 Å². The summed E-state index contributed by atoms with van der Waals surface area (Å²) >= 11 is 0. The van der Waals surface area contributed by atoms with Gasteiger partial charge in [0.15, 0.2) is 0 Å². The molecule has 0 spiro atoms. The first-order valence-electron chi connectivity index (χ1n) is 3.47. The van der Waals surface area contributed by atoms with Gasteiger partial charge < -0.3 is 4.74 Å². The fourth-order valence-corrected chi connectivity index (χ4v) is 0.680. The first-order valence-corrected chi connectivity index (χ1v) is 3.47. The van der Waals surface area contributed by atoms with E-state index in [1.165, 1.54) is 7.11 Å². The Morgan fingerprint density at radius 2 is 2.09 bits per heavy atom. The SMILES string of the molecule is COC(=O)[C@H](C)[C@H](C)COO. The van der Waals surface area contributed by atoms with E-state index in [9.17, 15) is 4.79 Å². The lowest BCUT2D eigenvalue weighted by molar-refractivity contribution is -0.252. The predicted octanol–water partition coefficient (Wildman–Crippen LogP) is 0.921. The van der Waals surface area contributed by atoms with E-state index in [0.717, 1.165) is 0 Å². The zero-order valence-electron chi connectivity index (χ0n) is 7.03. The van der Waals surface area contributed by atoms with Crippen molar-refractivity contribution in [1.29, 1.82) is 0 Å². The second-order valence-corrected chi connectivity index (χ2v) is 2.58. The Kier molecular flexibility index (Phi) is 4.81. The highest BCUT2D eigenvalue weighted by molar-refractivity contribution is 5.72. The minimum absolute atomic E-state index is 0.0348. The molecular weight excluding hydrogens is 148 g/mol. The van der Waals surface area contributed by atoms with Crippen molar-refractivity contribution in [1.82, 2.24) is 0 Å². The Morgan fingerprint density at radius 3 is 2.45 bits per heavy atom. The number of carbonyl (C=O) groups is 1. The van der Waals surface area contributed by atoms with E-state index in [2.05, 4.69) is 9.62 Å². The summed E-state index contributed by atoms with van der Waals surface area (Å²) in [6.07, 6.45) is 0. The van der Waals surface area contributed by atoms with Crippen LogP contribution in [-0.4, -0.2) is 24.9 Å². The molecule has 0 aromatic heterocycles. The van der Waals surface area contributed by atoms with Crippen molar-refractivity contribution in [3.63, 3.8) is 0 Å². The summed E-state index contributed by atoms with van der Waals surface area (Å²) < 4.78 is 4.50. The van der Waals surface area contributed by atoms with Crippen LogP contribution in [0.4, 0.5) is 0 Å². The Hall–Kier alpha value is -0.610. The molecule has 0 aliphatic heterocycles. The van der Waals surface area contributed by atoms with Gasteiger partial charge in [0.25, 0.3) is 0 Å². The number of carbonyl (C=O) groups excluding carboxylic acids is 1. The lowest BCUT2D eigenvalue weighted by atomic mass is 9.97. The molecule has 11 heavy (non-hydrogen) atoms. The smallest absolute Gasteiger partial charge is 0.308 e.